The van der Waals surface area contributed by atoms with E-state index in [1.54, 1.807) is 30.3 Å². The molecule has 1 aliphatic carbocycles. The van der Waals surface area contributed by atoms with E-state index in [0.717, 1.165) is 34.4 Å². The highest BCUT2D eigenvalue weighted by Gasteiger charge is 2.32. The lowest BCUT2D eigenvalue weighted by molar-refractivity contribution is -0.274. The molecule has 0 radical (unpaired) electrons. The molecule has 0 bridgehead atoms. The van der Waals surface area contributed by atoms with Crippen LogP contribution in [0.2, 0.25) is 0 Å². The number of halogens is 4. The molecule has 3 aromatic carbocycles. The zero-order valence-corrected chi connectivity index (χ0v) is 28.2. The number of carboxylic acids is 1. The Morgan fingerprint density at radius 1 is 0.960 bits per heavy atom. The molecule has 0 aromatic heterocycles. The van der Waals surface area contributed by atoms with E-state index in [2.05, 4.69) is 39.8 Å². The molecule has 0 saturated carbocycles. The summed E-state index contributed by atoms with van der Waals surface area (Å²) in [5.41, 5.74) is 4.48. The summed E-state index contributed by atoms with van der Waals surface area (Å²) in [5, 5.41) is 16.9. The van der Waals surface area contributed by atoms with Crippen LogP contribution in [0.1, 0.15) is 91.9 Å². The van der Waals surface area contributed by atoms with Gasteiger partial charge in [-0.05, 0) is 79.3 Å². The first-order valence-electron chi connectivity index (χ1n) is 16.3. The summed E-state index contributed by atoms with van der Waals surface area (Å²) in [7, 11) is 0. The van der Waals surface area contributed by atoms with Gasteiger partial charge in [-0.2, -0.15) is 0 Å². The van der Waals surface area contributed by atoms with E-state index in [1.165, 1.54) is 24.3 Å². The molecule has 3 aromatic rings. The number of amides is 3. The minimum atomic E-state index is -4.88. The Morgan fingerprint density at radius 2 is 1.62 bits per heavy atom. The lowest BCUT2D eigenvalue weighted by Gasteiger charge is -2.30. The Kier molecular flexibility index (Phi) is 12.4. The quantitative estimate of drug-likeness (QED) is 0.133. The summed E-state index contributed by atoms with van der Waals surface area (Å²) in [6, 6.07) is 14.9. The first kappa shape index (κ1) is 37.7. The second-order valence-corrected chi connectivity index (χ2v) is 12.5. The van der Waals surface area contributed by atoms with Crippen molar-refractivity contribution in [3.05, 3.63) is 118 Å². The monoisotopic (exact) mass is 695 g/mol. The molecular formula is C38H41F4N3O5. The molecule has 0 spiro atoms. The van der Waals surface area contributed by atoms with Crippen LogP contribution in [0.5, 0.6) is 5.75 Å². The van der Waals surface area contributed by atoms with Crippen molar-refractivity contribution in [2.45, 2.75) is 71.2 Å². The summed E-state index contributed by atoms with van der Waals surface area (Å²) in [4.78, 5) is 36.8. The van der Waals surface area contributed by atoms with Crippen LogP contribution in [-0.2, 0) is 4.79 Å². The van der Waals surface area contributed by atoms with Crippen LogP contribution in [0, 0.1) is 11.7 Å². The zero-order valence-electron chi connectivity index (χ0n) is 28.2. The summed E-state index contributed by atoms with van der Waals surface area (Å²) in [6.07, 6.45) is 0.280. The molecule has 4 N–H and O–H groups in total. The molecule has 50 heavy (non-hydrogen) atoms. The third-order valence-electron chi connectivity index (χ3n) is 8.58. The van der Waals surface area contributed by atoms with Crippen molar-refractivity contribution in [2.24, 2.45) is 5.92 Å². The molecule has 0 heterocycles. The van der Waals surface area contributed by atoms with E-state index in [9.17, 15) is 27.6 Å². The molecule has 8 nitrogen and oxygen atoms in total. The van der Waals surface area contributed by atoms with Gasteiger partial charge in [0.1, 0.15) is 11.6 Å². The summed E-state index contributed by atoms with van der Waals surface area (Å²) in [5.74, 6) is -2.82. The van der Waals surface area contributed by atoms with E-state index in [0.29, 0.717) is 24.0 Å². The number of urea groups is 1. The molecule has 3 amide bonds. The number of aliphatic carboxylic acids is 1. The number of carbonyl (C=O) groups excluding carboxylic acids is 2. The predicted molar refractivity (Wildman–Crippen MR) is 183 cm³/mol. The second kappa shape index (κ2) is 16.5. The number of anilines is 1. The molecule has 0 saturated heterocycles. The van der Waals surface area contributed by atoms with Crippen LogP contribution in [-0.4, -0.2) is 35.9 Å². The highest BCUT2D eigenvalue weighted by atomic mass is 19.4. The van der Waals surface area contributed by atoms with E-state index < -0.39 is 47.8 Å². The van der Waals surface area contributed by atoms with Gasteiger partial charge in [0, 0.05) is 23.9 Å². The van der Waals surface area contributed by atoms with E-state index in [4.69, 9.17) is 5.11 Å². The summed E-state index contributed by atoms with van der Waals surface area (Å²) >= 11 is 0. The second-order valence-electron chi connectivity index (χ2n) is 12.5. The Hall–Kier alpha value is -5.13. The molecule has 12 heteroatoms. The van der Waals surface area contributed by atoms with Crippen molar-refractivity contribution in [1.82, 2.24) is 10.6 Å². The standard InChI is InChI=1S/C38H41F4N3O5/c1-5-6-30(25-7-9-27(10-8-25)36(48)43-18-17-33(46)47)35(26-11-14-29(15-12-26)50-38(40,41)42)45-37(49)44-32-16-13-28(21-31(32)39)34-23(3)19-22(2)20-24(34)4/h7-16,19-21,23,30,34-35H,5-6,17-18H2,1-4H3,(H,43,48)(H,46,47)(H2,44,45,49)/t23?,30-,34?,35-/m1/s1. The number of alkyl halides is 3. The first-order chi connectivity index (χ1) is 23.6. The van der Waals surface area contributed by atoms with Crippen LogP contribution in [0.4, 0.5) is 28.0 Å². The number of benzene rings is 3. The SMILES string of the molecule is CCC[C@H](c1ccc(C(=O)NCCC(=O)O)cc1)[C@H](NC(=O)Nc1ccc(C2C(C)=CC(C)=CC2C)cc1F)c1ccc(OC(F)(F)F)cc1. The van der Waals surface area contributed by atoms with E-state index in [1.807, 2.05) is 20.8 Å². The van der Waals surface area contributed by atoms with Gasteiger partial charge in [0.15, 0.2) is 0 Å². The van der Waals surface area contributed by atoms with E-state index in [-0.39, 0.29) is 30.5 Å². The number of ether oxygens (including phenoxy) is 1. The van der Waals surface area contributed by atoms with Crippen LogP contribution in [0.3, 0.4) is 0 Å². The maximum Gasteiger partial charge on any atom is 0.573 e. The average molecular weight is 696 g/mol. The van der Waals surface area contributed by atoms with Gasteiger partial charge >= 0.3 is 18.4 Å². The maximum atomic E-state index is 15.5. The normalized spacial score (nSPS) is 17.1. The van der Waals surface area contributed by atoms with Crippen molar-refractivity contribution in [3.63, 3.8) is 0 Å². The molecule has 4 atom stereocenters. The highest BCUT2D eigenvalue weighted by Crippen LogP contribution is 2.39. The van der Waals surface area contributed by atoms with E-state index >= 15 is 4.39 Å². The van der Waals surface area contributed by atoms with Crippen LogP contribution in [0.25, 0.3) is 0 Å². The Labute approximate surface area is 288 Å². The molecule has 266 valence electrons. The van der Waals surface area contributed by atoms with Crippen molar-refractivity contribution in [1.29, 1.82) is 0 Å². The molecule has 2 unspecified atom stereocenters. The van der Waals surface area contributed by atoms with Gasteiger partial charge in [-0.15, -0.1) is 13.2 Å². The largest absolute Gasteiger partial charge is 0.573 e. The minimum absolute atomic E-state index is 0.0123. The van der Waals surface area contributed by atoms with Crippen molar-refractivity contribution < 1.29 is 41.8 Å². The Bertz CT molecular complexity index is 1740. The van der Waals surface area contributed by atoms with Gasteiger partial charge in [-0.25, -0.2) is 9.18 Å². The van der Waals surface area contributed by atoms with Gasteiger partial charge < -0.3 is 25.8 Å². The third-order valence-corrected chi connectivity index (χ3v) is 8.58. The fourth-order valence-electron chi connectivity index (χ4n) is 6.51. The highest BCUT2D eigenvalue weighted by molar-refractivity contribution is 5.94. The summed E-state index contributed by atoms with van der Waals surface area (Å²) in [6.45, 7) is 8.00. The number of carbonyl (C=O) groups is 3. The van der Waals surface area contributed by atoms with Crippen LogP contribution in [0.15, 0.2) is 90.0 Å². The fraction of sp³-hybridized carbons (Fsp3) is 0.342. The maximum absolute atomic E-state index is 15.5. The van der Waals surface area contributed by atoms with Crippen molar-refractivity contribution >= 4 is 23.6 Å². The number of allylic oxidation sites excluding steroid dienone is 4. The third kappa shape index (κ3) is 10.2. The average Bonchev–Trinajstić information content (AvgIpc) is 3.03. The van der Waals surface area contributed by atoms with Gasteiger partial charge in [-0.1, -0.05) is 73.9 Å². The van der Waals surface area contributed by atoms with Crippen molar-refractivity contribution in [2.75, 3.05) is 11.9 Å². The molecular weight excluding hydrogens is 654 g/mol. The van der Waals surface area contributed by atoms with Gasteiger partial charge in [0.2, 0.25) is 0 Å². The lowest BCUT2D eigenvalue weighted by atomic mass is 9.77. The molecule has 1 aliphatic rings. The topological polar surface area (TPSA) is 117 Å². The molecule has 0 fully saturated rings. The van der Waals surface area contributed by atoms with Crippen LogP contribution >= 0.6 is 0 Å². The first-order valence-corrected chi connectivity index (χ1v) is 16.3. The van der Waals surface area contributed by atoms with Crippen molar-refractivity contribution in [3.8, 4) is 5.75 Å². The number of nitrogens with one attached hydrogen (secondary N) is 3. The Balaban J connectivity index is 1.60. The number of carboxylic acid groups (broad SMARTS) is 1. The smallest absolute Gasteiger partial charge is 0.481 e. The zero-order chi connectivity index (χ0) is 36.6. The molecule has 4 rings (SSSR count). The van der Waals surface area contributed by atoms with Gasteiger partial charge in [0.25, 0.3) is 5.91 Å². The predicted octanol–water partition coefficient (Wildman–Crippen LogP) is 9.00. The van der Waals surface area contributed by atoms with Gasteiger partial charge in [0.05, 0.1) is 18.2 Å². The lowest BCUT2D eigenvalue weighted by Crippen LogP contribution is -2.36. The van der Waals surface area contributed by atoms with Crippen LogP contribution < -0.4 is 20.7 Å². The Morgan fingerprint density at radius 3 is 2.20 bits per heavy atom. The summed E-state index contributed by atoms with van der Waals surface area (Å²) < 4.78 is 58.1. The number of rotatable bonds is 13. The minimum Gasteiger partial charge on any atom is -0.481 e. The fourth-order valence-corrected chi connectivity index (χ4v) is 6.51. The van der Waals surface area contributed by atoms with Gasteiger partial charge in [-0.3, -0.25) is 9.59 Å². The number of hydrogen-bond acceptors (Lipinski definition) is 4. The number of hydrogen-bond donors (Lipinski definition) is 4. The molecule has 0 aliphatic heterocycles.